The number of amides is 1. The maximum Gasteiger partial charge on any atom is 0.422 e. The first kappa shape index (κ1) is 16.3. The van der Waals surface area contributed by atoms with Crippen LogP contribution in [0.2, 0.25) is 0 Å². The number of carboxylic acid groups (broad SMARTS) is 2. The zero-order valence-corrected chi connectivity index (χ0v) is 13.2. The molecule has 0 saturated heterocycles. The van der Waals surface area contributed by atoms with E-state index in [4.69, 9.17) is 0 Å². The zero-order chi connectivity index (χ0) is 17.1. The van der Waals surface area contributed by atoms with Crippen molar-refractivity contribution in [1.29, 1.82) is 0 Å². The highest BCUT2D eigenvalue weighted by atomic mass is 16.4. The van der Waals surface area contributed by atoms with Gasteiger partial charge in [0.25, 0.3) is 0 Å². The summed E-state index contributed by atoms with van der Waals surface area (Å²) in [5, 5.41) is 21.0. The van der Waals surface area contributed by atoms with Crippen LogP contribution in [0.5, 0.6) is 0 Å². The summed E-state index contributed by atoms with van der Waals surface area (Å²) in [5.41, 5.74) is 4.50. The largest absolute Gasteiger partial charge is 0.480 e. The normalized spacial score (nSPS) is 16.3. The number of hydrogen-bond donors (Lipinski definition) is 4. The third kappa shape index (κ3) is 3.35. The molecule has 3 rings (SSSR count). The maximum absolute atomic E-state index is 11.6. The maximum atomic E-state index is 11.6. The number of fused-ring (bicyclic) bond motifs is 1. The van der Waals surface area contributed by atoms with Crippen molar-refractivity contribution in [2.24, 2.45) is 0 Å². The van der Waals surface area contributed by atoms with Gasteiger partial charge in [0.15, 0.2) is 0 Å². The highest BCUT2D eigenvalue weighted by Crippen LogP contribution is 2.23. The van der Waals surface area contributed by atoms with Crippen LogP contribution in [0.3, 0.4) is 0 Å². The predicted octanol–water partition coefficient (Wildman–Crippen LogP) is 2.59. The van der Waals surface area contributed by atoms with Gasteiger partial charge in [-0.3, -0.25) is 4.79 Å². The van der Waals surface area contributed by atoms with Gasteiger partial charge in [-0.15, -0.1) is 0 Å². The number of hydrogen-bond acceptors (Lipinski definition) is 3. The fourth-order valence-corrected chi connectivity index (χ4v) is 3.36. The van der Waals surface area contributed by atoms with Crippen LogP contribution in [-0.4, -0.2) is 44.4 Å². The molecule has 4 N–H and O–H groups in total. The van der Waals surface area contributed by atoms with Gasteiger partial charge in [-0.2, -0.15) is 0 Å². The van der Waals surface area contributed by atoms with Crippen molar-refractivity contribution in [3.05, 3.63) is 36.0 Å². The molecule has 1 atom stereocenters. The summed E-state index contributed by atoms with van der Waals surface area (Å²) in [5.74, 6) is -1.07. The number of carboxylic acids is 1. The number of rotatable bonds is 6. The number of benzene rings is 1. The summed E-state index contributed by atoms with van der Waals surface area (Å²) >= 11 is 0. The van der Waals surface area contributed by atoms with Gasteiger partial charge < -0.3 is 15.2 Å². The standard InChI is InChI=1S/C17H21N3O4/c21-16(22)15(19-20(17(23)24)12-5-1-2-6-12)9-11-10-18-14-8-4-3-7-13(11)14/h3-4,7-8,10,12,15,18-19H,1-2,5-6,9H2,(H,21,22)(H,23,24). The molecular formula is C17H21N3O4. The molecule has 0 aliphatic heterocycles. The first-order valence-corrected chi connectivity index (χ1v) is 8.12. The van der Waals surface area contributed by atoms with Gasteiger partial charge in [-0.25, -0.2) is 15.2 Å². The van der Waals surface area contributed by atoms with Gasteiger partial charge in [0, 0.05) is 23.5 Å². The Bertz CT molecular complexity index is 736. The molecule has 2 aromatic rings. The molecule has 7 nitrogen and oxygen atoms in total. The topological polar surface area (TPSA) is 106 Å². The summed E-state index contributed by atoms with van der Waals surface area (Å²) in [4.78, 5) is 26.3. The minimum atomic E-state index is -1.13. The number of aliphatic carboxylic acids is 1. The van der Waals surface area contributed by atoms with E-state index in [9.17, 15) is 19.8 Å². The minimum absolute atomic E-state index is 0.160. The molecule has 1 aromatic heterocycles. The van der Waals surface area contributed by atoms with E-state index in [1.54, 1.807) is 6.20 Å². The lowest BCUT2D eigenvalue weighted by molar-refractivity contribution is -0.141. The Labute approximate surface area is 139 Å². The molecule has 1 aliphatic carbocycles. The molecule has 1 unspecified atom stereocenters. The van der Waals surface area contributed by atoms with Crippen LogP contribution < -0.4 is 5.43 Å². The molecule has 24 heavy (non-hydrogen) atoms. The van der Waals surface area contributed by atoms with Crippen molar-refractivity contribution in [3.63, 3.8) is 0 Å². The summed E-state index contributed by atoms with van der Waals surface area (Å²) in [6.07, 6.45) is 4.31. The lowest BCUT2D eigenvalue weighted by atomic mass is 10.1. The third-order valence-electron chi connectivity index (χ3n) is 4.59. The number of nitrogens with one attached hydrogen (secondary N) is 2. The molecule has 1 saturated carbocycles. The van der Waals surface area contributed by atoms with E-state index in [0.29, 0.717) is 0 Å². The third-order valence-corrected chi connectivity index (χ3v) is 4.59. The molecule has 0 bridgehead atoms. The Morgan fingerprint density at radius 2 is 1.96 bits per heavy atom. The van der Waals surface area contributed by atoms with Gasteiger partial charge in [0.1, 0.15) is 6.04 Å². The van der Waals surface area contributed by atoms with E-state index in [0.717, 1.165) is 47.2 Å². The molecule has 128 valence electrons. The molecule has 1 heterocycles. The molecule has 1 aliphatic rings. The van der Waals surface area contributed by atoms with Crippen molar-refractivity contribution in [1.82, 2.24) is 15.4 Å². The van der Waals surface area contributed by atoms with Crippen LogP contribution in [0.4, 0.5) is 4.79 Å². The van der Waals surface area contributed by atoms with Crippen LogP contribution in [0.15, 0.2) is 30.5 Å². The number of para-hydroxylation sites is 1. The lowest BCUT2D eigenvalue weighted by Crippen LogP contribution is -2.55. The zero-order valence-electron chi connectivity index (χ0n) is 13.2. The van der Waals surface area contributed by atoms with Crippen molar-refractivity contribution < 1.29 is 19.8 Å². The quantitative estimate of drug-likeness (QED) is 0.609. The van der Waals surface area contributed by atoms with E-state index < -0.39 is 18.1 Å². The summed E-state index contributed by atoms with van der Waals surface area (Å²) in [6, 6.07) is 6.48. The molecule has 1 aromatic carbocycles. The second kappa shape index (κ2) is 6.92. The summed E-state index contributed by atoms with van der Waals surface area (Å²) < 4.78 is 0. The number of hydrazine groups is 1. The molecule has 1 fully saturated rings. The van der Waals surface area contributed by atoms with Crippen molar-refractivity contribution in [2.75, 3.05) is 0 Å². The van der Waals surface area contributed by atoms with Crippen LogP contribution >= 0.6 is 0 Å². The monoisotopic (exact) mass is 331 g/mol. The number of H-pyrrole nitrogens is 1. The number of aromatic amines is 1. The number of aromatic nitrogens is 1. The molecule has 1 amide bonds. The predicted molar refractivity (Wildman–Crippen MR) is 88.7 cm³/mol. The van der Waals surface area contributed by atoms with Crippen molar-refractivity contribution in [2.45, 2.75) is 44.2 Å². The van der Waals surface area contributed by atoms with E-state index in [1.165, 1.54) is 0 Å². The Balaban J connectivity index is 1.79. The van der Waals surface area contributed by atoms with Crippen LogP contribution in [0, 0.1) is 0 Å². The van der Waals surface area contributed by atoms with Crippen LogP contribution in [0.25, 0.3) is 10.9 Å². The van der Waals surface area contributed by atoms with Crippen LogP contribution in [0.1, 0.15) is 31.2 Å². The second-order valence-corrected chi connectivity index (χ2v) is 6.17. The van der Waals surface area contributed by atoms with Gasteiger partial charge in [-0.1, -0.05) is 31.0 Å². The Morgan fingerprint density at radius 1 is 1.25 bits per heavy atom. The fraction of sp³-hybridized carbons (Fsp3) is 0.412. The van der Waals surface area contributed by atoms with E-state index in [-0.39, 0.29) is 12.5 Å². The Kier molecular flexibility index (Phi) is 4.71. The average Bonchev–Trinajstić information content (AvgIpc) is 3.21. The van der Waals surface area contributed by atoms with E-state index in [2.05, 4.69) is 10.4 Å². The molecule has 7 heteroatoms. The minimum Gasteiger partial charge on any atom is -0.480 e. The Hall–Kier alpha value is -2.54. The van der Waals surface area contributed by atoms with Gasteiger partial charge in [-0.05, 0) is 24.5 Å². The molecule has 0 spiro atoms. The molecular weight excluding hydrogens is 310 g/mol. The summed E-state index contributed by atoms with van der Waals surface area (Å²) in [7, 11) is 0. The van der Waals surface area contributed by atoms with Gasteiger partial charge in [0.05, 0.1) is 6.04 Å². The smallest absolute Gasteiger partial charge is 0.422 e. The number of nitrogens with zero attached hydrogens (tertiary/aromatic N) is 1. The second-order valence-electron chi connectivity index (χ2n) is 6.17. The highest BCUT2D eigenvalue weighted by Gasteiger charge is 2.31. The first-order chi connectivity index (χ1) is 11.6. The summed E-state index contributed by atoms with van der Waals surface area (Å²) in [6.45, 7) is 0. The average molecular weight is 331 g/mol. The Morgan fingerprint density at radius 3 is 2.62 bits per heavy atom. The number of carbonyl (C=O) groups is 2. The van der Waals surface area contributed by atoms with Crippen LogP contribution in [-0.2, 0) is 11.2 Å². The molecule has 0 radical (unpaired) electrons. The first-order valence-electron chi connectivity index (χ1n) is 8.12. The van der Waals surface area contributed by atoms with Crippen molar-refractivity contribution >= 4 is 23.0 Å². The van der Waals surface area contributed by atoms with E-state index >= 15 is 0 Å². The van der Waals surface area contributed by atoms with Gasteiger partial charge in [0.2, 0.25) is 0 Å². The van der Waals surface area contributed by atoms with Gasteiger partial charge >= 0.3 is 12.1 Å². The highest BCUT2D eigenvalue weighted by molar-refractivity contribution is 5.84. The van der Waals surface area contributed by atoms with E-state index in [1.807, 2.05) is 24.3 Å². The van der Waals surface area contributed by atoms with Crippen molar-refractivity contribution in [3.8, 4) is 0 Å². The lowest BCUT2D eigenvalue weighted by Gasteiger charge is -2.29. The SMILES string of the molecule is O=C(O)C(Cc1c[nH]c2ccccc12)NN(C(=O)O)C1CCCC1. The fourth-order valence-electron chi connectivity index (χ4n) is 3.36.